The molecule has 3 aromatic heterocycles. The summed E-state index contributed by atoms with van der Waals surface area (Å²) in [6.45, 7) is 2.08. The maximum Gasteiger partial charge on any atom is 0.286 e. The van der Waals surface area contributed by atoms with Gasteiger partial charge in [0.25, 0.3) is 5.65 Å². The molecule has 0 atom stereocenters. The van der Waals surface area contributed by atoms with Crippen LogP contribution in [0.4, 0.5) is 17.8 Å². The van der Waals surface area contributed by atoms with Gasteiger partial charge in [0.1, 0.15) is 6.20 Å². The van der Waals surface area contributed by atoms with Gasteiger partial charge in [-0.05, 0) is 36.2 Å². The van der Waals surface area contributed by atoms with E-state index in [2.05, 4.69) is 85.1 Å². The van der Waals surface area contributed by atoms with Crippen LogP contribution in [0.15, 0.2) is 53.9 Å². The molecule has 0 aliphatic rings. The number of nitrogens with one attached hydrogen (secondary N) is 1. The molecule has 0 aliphatic heterocycles. The average molecular weight is 501 g/mol. The van der Waals surface area contributed by atoms with E-state index in [1.807, 2.05) is 12.1 Å². The van der Waals surface area contributed by atoms with Crippen LogP contribution in [0, 0.1) is 6.92 Å². The number of nitrogen functional groups attached to an aromatic ring is 2. The summed E-state index contributed by atoms with van der Waals surface area (Å²) in [4.78, 5) is 11.5. The Morgan fingerprint density at radius 3 is 2.38 bits per heavy atom. The number of hydrogen-bond acceptors (Lipinski definition) is 7. The SMILES string of the molecule is Cc1ccc2n(C)c(-c3ccc(/C=N/Nc4nc(N)nc(N)n4)cc3)c[n+]2c1.[I-]. The van der Waals surface area contributed by atoms with Crippen molar-refractivity contribution in [1.29, 1.82) is 0 Å². The Bertz CT molecular complexity index is 1160. The molecular formula is C19H20IN9. The fourth-order valence-corrected chi connectivity index (χ4v) is 2.98. The van der Waals surface area contributed by atoms with Crippen molar-refractivity contribution in [2.24, 2.45) is 12.1 Å². The zero-order valence-electron chi connectivity index (χ0n) is 15.9. The molecule has 0 radical (unpaired) electrons. The summed E-state index contributed by atoms with van der Waals surface area (Å²) in [5.41, 5.74) is 19.3. The Balaban J connectivity index is 0.00000240. The molecule has 0 aliphatic carbocycles. The van der Waals surface area contributed by atoms with E-state index in [1.165, 1.54) is 5.56 Å². The summed E-state index contributed by atoms with van der Waals surface area (Å²) in [5, 5.41) is 4.11. The minimum absolute atomic E-state index is 0. The summed E-state index contributed by atoms with van der Waals surface area (Å²) in [6, 6.07) is 12.3. The van der Waals surface area contributed by atoms with Crippen molar-refractivity contribution in [2.45, 2.75) is 6.92 Å². The summed E-state index contributed by atoms with van der Waals surface area (Å²) in [7, 11) is 2.06. The Morgan fingerprint density at radius 1 is 1.00 bits per heavy atom. The number of aryl methyl sites for hydroxylation is 2. The number of benzene rings is 1. The highest BCUT2D eigenvalue weighted by molar-refractivity contribution is 5.81. The van der Waals surface area contributed by atoms with Crippen molar-refractivity contribution in [3.05, 3.63) is 59.9 Å². The summed E-state index contributed by atoms with van der Waals surface area (Å²) in [5.74, 6) is 0.274. The van der Waals surface area contributed by atoms with Gasteiger partial charge in [0.05, 0.1) is 19.5 Å². The standard InChI is InChI=1S/C19H20N9.HI/c1-12-3-8-16-27(2)15(11-28(16)10-12)14-6-4-13(5-7-14)9-22-26-19-24-17(20)23-18(21)25-19;/h3-11H,1-2H3,(H5,20,21,23,24,25,26);1H/q+1;/p-1/b22-9+;. The lowest BCUT2D eigenvalue weighted by molar-refractivity contribution is -0.510. The third-order valence-corrected chi connectivity index (χ3v) is 4.32. The van der Waals surface area contributed by atoms with E-state index < -0.39 is 0 Å². The highest BCUT2D eigenvalue weighted by atomic mass is 127. The van der Waals surface area contributed by atoms with Gasteiger partial charge in [0, 0.05) is 11.6 Å². The largest absolute Gasteiger partial charge is 1.00 e. The first-order chi connectivity index (χ1) is 13.5. The van der Waals surface area contributed by atoms with E-state index in [0.29, 0.717) is 0 Å². The molecular weight excluding hydrogens is 481 g/mol. The number of nitrogens with zero attached hydrogens (tertiary/aromatic N) is 6. The van der Waals surface area contributed by atoms with Gasteiger partial charge in [-0.15, -0.1) is 0 Å². The second kappa shape index (κ2) is 8.39. The molecule has 0 unspecified atom stereocenters. The molecule has 148 valence electrons. The molecule has 29 heavy (non-hydrogen) atoms. The van der Waals surface area contributed by atoms with E-state index >= 15 is 0 Å². The van der Waals surface area contributed by atoms with Crippen LogP contribution in [0.3, 0.4) is 0 Å². The number of imidazole rings is 1. The van der Waals surface area contributed by atoms with Gasteiger partial charge in [0.15, 0.2) is 5.69 Å². The van der Waals surface area contributed by atoms with Crippen molar-refractivity contribution in [3.8, 4) is 11.3 Å². The van der Waals surface area contributed by atoms with E-state index in [9.17, 15) is 0 Å². The Morgan fingerprint density at radius 2 is 1.69 bits per heavy atom. The number of fused-ring (bicyclic) bond motifs is 1. The molecule has 0 spiro atoms. The van der Waals surface area contributed by atoms with Crippen LogP contribution in [-0.4, -0.2) is 25.7 Å². The van der Waals surface area contributed by atoms with Gasteiger partial charge in [-0.2, -0.15) is 20.1 Å². The van der Waals surface area contributed by atoms with Crippen LogP contribution in [0.2, 0.25) is 0 Å². The fourth-order valence-electron chi connectivity index (χ4n) is 2.98. The van der Waals surface area contributed by atoms with E-state index in [0.717, 1.165) is 22.5 Å². The monoisotopic (exact) mass is 501 g/mol. The molecule has 1 aromatic carbocycles. The highest BCUT2D eigenvalue weighted by Gasteiger charge is 2.15. The predicted octanol–water partition coefficient (Wildman–Crippen LogP) is -1.46. The minimum Gasteiger partial charge on any atom is -1.00 e. The van der Waals surface area contributed by atoms with Crippen molar-refractivity contribution >= 4 is 29.7 Å². The van der Waals surface area contributed by atoms with Crippen LogP contribution < -0.4 is 45.3 Å². The van der Waals surface area contributed by atoms with Crippen LogP contribution in [0.5, 0.6) is 0 Å². The van der Waals surface area contributed by atoms with Crippen LogP contribution in [-0.2, 0) is 7.05 Å². The molecule has 4 aromatic rings. The second-order valence-corrected chi connectivity index (χ2v) is 6.41. The Hall–Kier alpha value is -3.28. The molecule has 0 saturated heterocycles. The lowest BCUT2D eigenvalue weighted by Crippen LogP contribution is -3.00. The molecule has 0 fully saturated rings. The Labute approximate surface area is 184 Å². The number of hydrazone groups is 1. The Kier molecular flexibility index (Phi) is 5.92. The molecule has 0 amide bonds. The van der Waals surface area contributed by atoms with Crippen LogP contribution >= 0.6 is 0 Å². The molecule has 0 bridgehead atoms. The van der Waals surface area contributed by atoms with Crippen LogP contribution in [0.1, 0.15) is 11.1 Å². The first-order valence-electron chi connectivity index (χ1n) is 8.63. The van der Waals surface area contributed by atoms with Crippen molar-refractivity contribution in [3.63, 3.8) is 0 Å². The number of anilines is 3. The molecule has 3 heterocycles. The third kappa shape index (κ3) is 4.42. The number of hydrogen-bond donors (Lipinski definition) is 3. The average Bonchev–Trinajstić information content (AvgIpc) is 2.97. The summed E-state index contributed by atoms with van der Waals surface area (Å²) >= 11 is 0. The van der Waals surface area contributed by atoms with Gasteiger partial charge < -0.3 is 35.4 Å². The van der Waals surface area contributed by atoms with Crippen LogP contribution in [0.25, 0.3) is 16.9 Å². The smallest absolute Gasteiger partial charge is 0.286 e. The first-order valence-corrected chi connectivity index (χ1v) is 8.63. The molecule has 5 N–H and O–H groups in total. The topological polar surface area (TPSA) is 124 Å². The second-order valence-electron chi connectivity index (χ2n) is 6.41. The number of nitrogens with two attached hydrogens (primary N) is 2. The van der Waals surface area contributed by atoms with Gasteiger partial charge in [-0.3, -0.25) is 0 Å². The number of pyridine rings is 1. The van der Waals surface area contributed by atoms with Crippen molar-refractivity contribution in [1.82, 2.24) is 19.5 Å². The van der Waals surface area contributed by atoms with Gasteiger partial charge in [0.2, 0.25) is 17.8 Å². The molecule has 0 saturated carbocycles. The molecule has 9 nitrogen and oxygen atoms in total. The number of halogens is 1. The third-order valence-electron chi connectivity index (χ3n) is 4.32. The number of aromatic nitrogens is 5. The minimum atomic E-state index is 0. The lowest BCUT2D eigenvalue weighted by atomic mass is 10.1. The normalized spacial score (nSPS) is 11.0. The van der Waals surface area contributed by atoms with Gasteiger partial charge in [-0.25, -0.2) is 14.4 Å². The van der Waals surface area contributed by atoms with E-state index in [4.69, 9.17) is 11.5 Å². The zero-order valence-corrected chi connectivity index (χ0v) is 18.1. The number of rotatable bonds is 4. The fraction of sp³-hybridized carbons (Fsp3) is 0.105. The zero-order chi connectivity index (χ0) is 19.7. The molecule has 4 rings (SSSR count). The van der Waals surface area contributed by atoms with Gasteiger partial charge in [-0.1, -0.05) is 12.1 Å². The van der Waals surface area contributed by atoms with E-state index in [-0.39, 0.29) is 41.8 Å². The van der Waals surface area contributed by atoms with Crippen molar-refractivity contribution < 1.29 is 28.4 Å². The quantitative estimate of drug-likeness (QED) is 0.136. The maximum absolute atomic E-state index is 5.52. The maximum atomic E-state index is 5.52. The summed E-state index contributed by atoms with van der Waals surface area (Å²) in [6.07, 6.45) is 5.91. The van der Waals surface area contributed by atoms with Crippen molar-refractivity contribution in [2.75, 3.05) is 16.9 Å². The first kappa shape index (κ1) is 20.5. The summed E-state index contributed by atoms with van der Waals surface area (Å²) < 4.78 is 4.30. The lowest BCUT2D eigenvalue weighted by Gasteiger charge is -2.01. The van der Waals surface area contributed by atoms with E-state index in [1.54, 1.807) is 6.21 Å². The molecule has 10 heteroatoms. The highest BCUT2D eigenvalue weighted by Crippen LogP contribution is 2.20. The van der Waals surface area contributed by atoms with Gasteiger partial charge >= 0.3 is 0 Å². The predicted molar refractivity (Wildman–Crippen MR) is 109 cm³/mol.